The number of benzene rings is 1. The van der Waals surface area contributed by atoms with Crippen LogP contribution in [0.25, 0.3) is 10.1 Å². The maximum atomic E-state index is 10.7. The van der Waals surface area contributed by atoms with E-state index in [0.717, 1.165) is 15.0 Å². The van der Waals surface area contributed by atoms with Crippen LogP contribution < -0.4 is 5.73 Å². The van der Waals surface area contributed by atoms with Gasteiger partial charge in [-0.15, -0.1) is 24.0 Å². The van der Waals surface area contributed by atoms with Crippen LogP contribution in [0.2, 0.25) is 0 Å². The van der Waals surface area contributed by atoms with Gasteiger partial charge in [-0.05, 0) is 23.6 Å². The Balaban J connectivity index is 2.76. The van der Waals surface area contributed by atoms with Crippen molar-refractivity contribution in [1.82, 2.24) is 0 Å². The SMILES string of the molecule is Nc1cc(S)cc2cc(C(=O)O)sc12. The van der Waals surface area contributed by atoms with Crippen LogP contribution in [-0.2, 0) is 0 Å². The van der Waals surface area contributed by atoms with E-state index in [1.54, 1.807) is 18.2 Å². The molecule has 0 fully saturated rings. The number of rotatable bonds is 1. The van der Waals surface area contributed by atoms with Crippen LogP contribution in [-0.4, -0.2) is 11.1 Å². The number of thiophene rings is 1. The molecule has 0 spiro atoms. The average Bonchev–Trinajstić information content (AvgIpc) is 2.47. The second-order valence-corrected chi connectivity index (χ2v) is 4.44. The molecule has 0 amide bonds. The first-order valence-electron chi connectivity index (χ1n) is 3.83. The molecule has 14 heavy (non-hydrogen) atoms. The van der Waals surface area contributed by atoms with Crippen LogP contribution in [0.5, 0.6) is 0 Å². The summed E-state index contributed by atoms with van der Waals surface area (Å²) < 4.78 is 0.806. The van der Waals surface area contributed by atoms with E-state index < -0.39 is 5.97 Å². The zero-order valence-corrected chi connectivity index (χ0v) is 8.73. The molecule has 0 aliphatic rings. The van der Waals surface area contributed by atoms with Crippen molar-refractivity contribution in [3.8, 4) is 0 Å². The molecule has 3 nitrogen and oxygen atoms in total. The lowest BCUT2D eigenvalue weighted by molar-refractivity contribution is 0.0702. The van der Waals surface area contributed by atoms with Crippen molar-refractivity contribution in [2.24, 2.45) is 0 Å². The predicted molar refractivity (Wildman–Crippen MR) is 60.4 cm³/mol. The number of carbonyl (C=O) groups is 1. The van der Waals surface area contributed by atoms with Crippen LogP contribution in [0.1, 0.15) is 9.67 Å². The Morgan fingerprint density at radius 3 is 2.79 bits per heavy atom. The molecule has 0 aliphatic carbocycles. The summed E-state index contributed by atoms with van der Waals surface area (Å²) in [5.74, 6) is -0.925. The molecular formula is C9H7NO2S2. The minimum atomic E-state index is -0.925. The summed E-state index contributed by atoms with van der Waals surface area (Å²) >= 11 is 5.35. The highest BCUT2D eigenvalue weighted by molar-refractivity contribution is 7.80. The molecule has 0 unspecified atom stereocenters. The highest BCUT2D eigenvalue weighted by Gasteiger charge is 2.10. The fourth-order valence-electron chi connectivity index (χ4n) is 1.27. The molecule has 2 rings (SSSR count). The van der Waals surface area contributed by atoms with E-state index in [0.29, 0.717) is 10.6 Å². The number of nitrogen functional groups attached to an aromatic ring is 1. The Morgan fingerprint density at radius 1 is 1.43 bits per heavy atom. The number of thiol groups is 1. The minimum Gasteiger partial charge on any atom is -0.477 e. The number of fused-ring (bicyclic) bond motifs is 1. The van der Waals surface area contributed by atoms with Gasteiger partial charge < -0.3 is 10.8 Å². The lowest BCUT2D eigenvalue weighted by Gasteiger charge is -1.96. The van der Waals surface area contributed by atoms with Crippen molar-refractivity contribution < 1.29 is 9.90 Å². The van der Waals surface area contributed by atoms with Gasteiger partial charge in [-0.2, -0.15) is 0 Å². The summed E-state index contributed by atoms with van der Waals surface area (Å²) in [6.45, 7) is 0. The van der Waals surface area contributed by atoms with Gasteiger partial charge in [0, 0.05) is 4.90 Å². The van der Waals surface area contributed by atoms with Crippen LogP contribution >= 0.6 is 24.0 Å². The zero-order valence-electron chi connectivity index (χ0n) is 7.02. The molecule has 0 atom stereocenters. The van der Waals surface area contributed by atoms with Gasteiger partial charge in [0.1, 0.15) is 4.88 Å². The monoisotopic (exact) mass is 225 g/mol. The summed E-state index contributed by atoms with van der Waals surface area (Å²) in [7, 11) is 0. The van der Waals surface area contributed by atoms with Gasteiger partial charge in [-0.25, -0.2) is 4.79 Å². The minimum absolute atomic E-state index is 0.297. The lowest BCUT2D eigenvalue weighted by atomic mass is 10.2. The van der Waals surface area contributed by atoms with E-state index in [4.69, 9.17) is 10.8 Å². The Hall–Kier alpha value is -1.20. The molecule has 0 radical (unpaired) electrons. The zero-order chi connectivity index (χ0) is 10.3. The third-order valence-corrected chi connectivity index (χ3v) is 3.29. The summed E-state index contributed by atoms with van der Waals surface area (Å²) in [5.41, 5.74) is 6.31. The Labute approximate surface area is 89.6 Å². The standard InChI is InChI=1S/C9H7NO2S2/c10-6-3-5(13)1-4-2-7(9(11)12)14-8(4)6/h1-3,13H,10H2,(H,11,12). The third kappa shape index (κ3) is 1.44. The Kier molecular flexibility index (Phi) is 2.13. The number of anilines is 1. The van der Waals surface area contributed by atoms with E-state index in [-0.39, 0.29) is 0 Å². The first-order chi connectivity index (χ1) is 6.58. The van der Waals surface area contributed by atoms with E-state index in [1.807, 2.05) is 0 Å². The van der Waals surface area contributed by atoms with E-state index in [1.165, 1.54) is 11.3 Å². The van der Waals surface area contributed by atoms with Crippen LogP contribution in [0.4, 0.5) is 5.69 Å². The summed E-state index contributed by atoms with van der Waals surface area (Å²) in [6.07, 6.45) is 0. The molecule has 0 saturated carbocycles. The first-order valence-corrected chi connectivity index (χ1v) is 5.09. The van der Waals surface area contributed by atoms with Gasteiger partial charge >= 0.3 is 5.97 Å². The summed E-state index contributed by atoms with van der Waals surface area (Å²) in [4.78, 5) is 11.8. The number of hydrogen-bond donors (Lipinski definition) is 3. The summed E-state index contributed by atoms with van der Waals surface area (Å²) in [5, 5.41) is 9.63. The number of aromatic carboxylic acids is 1. The maximum Gasteiger partial charge on any atom is 0.345 e. The van der Waals surface area contributed by atoms with Crippen LogP contribution in [0.15, 0.2) is 23.1 Å². The Bertz CT molecular complexity index is 519. The van der Waals surface area contributed by atoms with E-state index in [2.05, 4.69) is 12.6 Å². The van der Waals surface area contributed by atoms with Crippen molar-refractivity contribution in [3.63, 3.8) is 0 Å². The molecule has 0 aliphatic heterocycles. The summed E-state index contributed by atoms with van der Waals surface area (Å²) in [6, 6.07) is 5.13. The van der Waals surface area contributed by atoms with Crippen molar-refractivity contribution in [2.45, 2.75) is 4.90 Å². The van der Waals surface area contributed by atoms with Crippen LogP contribution in [0, 0.1) is 0 Å². The van der Waals surface area contributed by atoms with Crippen molar-refractivity contribution >= 4 is 45.7 Å². The molecule has 5 heteroatoms. The molecule has 2 aromatic rings. The fourth-order valence-corrected chi connectivity index (χ4v) is 2.45. The molecule has 1 heterocycles. The van der Waals surface area contributed by atoms with Gasteiger partial charge in [-0.1, -0.05) is 0 Å². The number of carboxylic acids is 1. The normalized spacial score (nSPS) is 10.6. The molecule has 72 valence electrons. The molecule has 3 N–H and O–H groups in total. The number of nitrogens with two attached hydrogens (primary N) is 1. The second kappa shape index (κ2) is 3.18. The second-order valence-electron chi connectivity index (χ2n) is 2.87. The fraction of sp³-hybridized carbons (Fsp3) is 0. The van der Waals surface area contributed by atoms with Gasteiger partial charge in [0.05, 0.1) is 10.4 Å². The lowest BCUT2D eigenvalue weighted by Crippen LogP contribution is -1.89. The highest BCUT2D eigenvalue weighted by Crippen LogP contribution is 2.32. The smallest absolute Gasteiger partial charge is 0.345 e. The number of hydrogen-bond acceptors (Lipinski definition) is 4. The topological polar surface area (TPSA) is 63.3 Å². The van der Waals surface area contributed by atoms with E-state index in [9.17, 15) is 4.79 Å². The predicted octanol–water partition coefficient (Wildman–Crippen LogP) is 2.47. The quantitative estimate of drug-likeness (QED) is 0.516. The molecule has 1 aromatic heterocycles. The molecule has 0 bridgehead atoms. The first kappa shape index (κ1) is 9.36. The van der Waals surface area contributed by atoms with Crippen LogP contribution in [0.3, 0.4) is 0 Å². The largest absolute Gasteiger partial charge is 0.477 e. The van der Waals surface area contributed by atoms with Crippen molar-refractivity contribution in [3.05, 3.63) is 23.1 Å². The Morgan fingerprint density at radius 2 is 2.14 bits per heavy atom. The number of carboxylic acid groups (broad SMARTS) is 1. The highest BCUT2D eigenvalue weighted by atomic mass is 32.1. The van der Waals surface area contributed by atoms with Crippen molar-refractivity contribution in [2.75, 3.05) is 5.73 Å². The molecule has 1 aromatic carbocycles. The third-order valence-electron chi connectivity index (χ3n) is 1.84. The van der Waals surface area contributed by atoms with Gasteiger partial charge in [0.15, 0.2) is 0 Å². The van der Waals surface area contributed by atoms with Gasteiger partial charge in [-0.3, -0.25) is 0 Å². The van der Waals surface area contributed by atoms with Gasteiger partial charge in [0.25, 0.3) is 0 Å². The maximum absolute atomic E-state index is 10.7. The molecule has 0 saturated heterocycles. The van der Waals surface area contributed by atoms with Gasteiger partial charge in [0.2, 0.25) is 0 Å². The molecular weight excluding hydrogens is 218 g/mol. The van der Waals surface area contributed by atoms with E-state index >= 15 is 0 Å². The average molecular weight is 225 g/mol. The van der Waals surface area contributed by atoms with Crippen molar-refractivity contribution in [1.29, 1.82) is 0 Å².